The Balaban J connectivity index is 2.24. The summed E-state index contributed by atoms with van der Waals surface area (Å²) in [6, 6.07) is 2.01. The summed E-state index contributed by atoms with van der Waals surface area (Å²) < 4.78 is 26.8. The van der Waals surface area contributed by atoms with Gasteiger partial charge in [0.2, 0.25) is 0 Å². The van der Waals surface area contributed by atoms with Crippen LogP contribution >= 0.6 is 0 Å². The predicted octanol–water partition coefficient (Wildman–Crippen LogP) is 2.67. The van der Waals surface area contributed by atoms with Crippen molar-refractivity contribution in [2.45, 2.75) is 20.3 Å². The second-order valence-corrected chi connectivity index (χ2v) is 5.51. The van der Waals surface area contributed by atoms with Crippen LogP contribution in [-0.4, -0.2) is 23.9 Å². The highest BCUT2D eigenvalue weighted by Crippen LogP contribution is 2.24. The van der Waals surface area contributed by atoms with E-state index in [9.17, 15) is 13.6 Å². The third-order valence-corrected chi connectivity index (χ3v) is 3.48. The summed E-state index contributed by atoms with van der Waals surface area (Å²) in [6.45, 7) is 5.38. The minimum Gasteiger partial charge on any atom is -0.394 e. The minimum atomic E-state index is -0.888. The molecule has 2 N–H and O–H groups in total. The summed E-state index contributed by atoms with van der Waals surface area (Å²) in [5.41, 5.74) is 4.67. The zero-order valence-electron chi connectivity index (χ0n) is 11.1. The van der Waals surface area contributed by atoms with E-state index in [0.29, 0.717) is 24.9 Å². The third kappa shape index (κ3) is 2.85. The molecule has 104 valence electrons. The molecule has 1 aliphatic heterocycles. The average molecular weight is 268 g/mol. The van der Waals surface area contributed by atoms with E-state index < -0.39 is 17.3 Å². The maximum absolute atomic E-state index is 13.4. The van der Waals surface area contributed by atoms with Gasteiger partial charge in [-0.15, -0.1) is 0 Å². The molecule has 0 aliphatic carbocycles. The zero-order chi connectivity index (χ0) is 14.2. The molecule has 3 nitrogen and oxygen atoms in total. The van der Waals surface area contributed by atoms with Gasteiger partial charge in [-0.25, -0.2) is 8.78 Å². The minimum absolute atomic E-state index is 0.0190. The van der Waals surface area contributed by atoms with Gasteiger partial charge in [-0.1, -0.05) is 13.8 Å². The van der Waals surface area contributed by atoms with Gasteiger partial charge in [0.1, 0.15) is 17.3 Å². The van der Waals surface area contributed by atoms with Crippen molar-refractivity contribution < 1.29 is 13.6 Å². The summed E-state index contributed by atoms with van der Waals surface area (Å²) in [6.07, 6.45) is 1.06. The number of rotatable bonds is 1. The SMILES string of the molecule is CC1CC(C)CN(C(=O)c2cc(F)c(N)c(F)c2)C1. The number of anilines is 1. The molecule has 0 radical (unpaired) electrons. The van der Waals surface area contributed by atoms with Crippen LogP contribution in [0.4, 0.5) is 14.5 Å². The van der Waals surface area contributed by atoms with Gasteiger partial charge in [0.05, 0.1) is 0 Å². The Hall–Kier alpha value is -1.65. The van der Waals surface area contributed by atoms with Crippen LogP contribution in [0.5, 0.6) is 0 Å². The number of carbonyl (C=O) groups is 1. The first-order valence-corrected chi connectivity index (χ1v) is 6.42. The highest BCUT2D eigenvalue weighted by atomic mass is 19.1. The molecule has 1 fully saturated rings. The van der Waals surface area contributed by atoms with E-state index in [-0.39, 0.29) is 11.5 Å². The number of likely N-dealkylation sites (tertiary alicyclic amines) is 1. The van der Waals surface area contributed by atoms with E-state index in [0.717, 1.165) is 18.6 Å². The molecule has 1 aromatic carbocycles. The molecular weight excluding hydrogens is 250 g/mol. The Morgan fingerprint density at radius 2 is 1.68 bits per heavy atom. The van der Waals surface area contributed by atoms with Crippen LogP contribution in [0.1, 0.15) is 30.6 Å². The molecule has 5 heteroatoms. The number of nitrogen functional groups attached to an aromatic ring is 1. The maximum Gasteiger partial charge on any atom is 0.254 e. The molecule has 0 spiro atoms. The number of nitrogens with zero attached hydrogens (tertiary/aromatic N) is 1. The van der Waals surface area contributed by atoms with Crippen LogP contribution in [0.15, 0.2) is 12.1 Å². The van der Waals surface area contributed by atoms with Gasteiger partial charge in [-0.3, -0.25) is 4.79 Å². The van der Waals surface area contributed by atoms with Crippen LogP contribution in [0.3, 0.4) is 0 Å². The summed E-state index contributed by atoms with van der Waals surface area (Å²) in [5, 5.41) is 0. The summed E-state index contributed by atoms with van der Waals surface area (Å²) >= 11 is 0. The van der Waals surface area contributed by atoms with E-state index >= 15 is 0 Å². The standard InChI is InChI=1S/C14H18F2N2O/c1-8-3-9(2)7-18(6-8)14(19)10-4-11(15)13(17)12(16)5-10/h4-5,8-9H,3,6-7,17H2,1-2H3. The third-order valence-electron chi connectivity index (χ3n) is 3.48. The molecule has 0 saturated carbocycles. The fourth-order valence-electron chi connectivity index (χ4n) is 2.72. The molecule has 19 heavy (non-hydrogen) atoms. The van der Waals surface area contributed by atoms with E-state index in [1.807, 2.05) is 0 Å². The van der Waals surface area contributed by atoms with Crippen molar-refractivity contribution in [3.8, 4) is 0 Å². The molecule has 2 rings (SSSR count). The number of hydrogen-bond donors (Lipinski definition) is 1. The number of carbonyl (C=O) groups excluding carboxylic acids is 1. The maximum atomic E-state index is 13.4. The molecule has 0 bridgehead atoms. The average Bonchev–Trinajstić information content (AvgIpc) is 2.33. The van der Waals surface area contributed by atoms with Gasteiger partial charge >= 0.3 is 0 Å². The van der Waals surface area contributed by atoms with Crippen molar-refractivity contribution in [3.63, 3.8) is 0 Å². The zero-order valence-corrected chi connectivity index (χ0v) is 11.1. The number of hydrogen-bond acceptors (Lipinski definition) is 2. The first kappa shape index (κ1) is 13.8. The topological polar surface area (TPSA) is 46.3 Å². The normalized spacial score (nSPS) is 23.5. The smallest absolute Gasteiger partial charge is 0.254 e. The monoisotopic (exact) mass is 268 g/mol. The van der Waals surface area contributed by atoms with Crippen molar-refractivity contribution in [3.05, 3.63) is 29.3 Å². The molecule has 1 saturated heterocycles. The quantitative estimate of drug-likeness (QED) is 0.796. The molecule has 0 aromatic heterocycles. The number of amides is 1. The van der Waals surface area contributed by atoms with Crippen LogP contribution in [0, 0.1) is 23.5 Å². The Kier molecular flexibility index (Phi) is 3.73. The predicted molar refractivity (Wildman–Crippen MR) is 69.6 cm³/mol. The molecular formula is C14H18F2N2O. The molecule has 1 heterocycles. The summed E-state index contributed by atoms with van der Waals surface area (Å²) in [7, 11) is 0. The van der Waals surface area contributed by atoms with Crippen molar-refractivity contribution >= 4 is 11.6 Å². The lowest BCUT2D eigenvalue weighted by Gasteiger charge is -2.35. The number of nitrogens with two attached hydrogens (primary N) is 1. The highest BCUT2D eigenvalue weighted by Gasteiger charge is 2.27. The summed E-state index contributed by atoms with van der Waals surface area (Å²) in [5.74, 6) is -1.31. The Labute approximate surface area is 111 Å². The lowest BCUT2D eigenvalue weighted by Crippen LogP contribution is -2.42. The van der Waals surface area contributed by atoms with E-state index in [1.165, 1.54) is 0 Å². The second kappa shape index (κ2) is 5.15. The Morgan fingerprint density at radius 1 is 1.21 bits per heavy atom. The van der Waals surface area contributed by atoms with Crippen molar-refractivity contribution in [1.82, 2.24) is 4.90 Å². The van der Waals surface area contributed by atoms with Crippen LogP contribution < -0.4 is 5.73 Å². The van der Waals surface area contributed by atoms with Gasteiger partial charge in [-0.2, -0.15) is 0 Å². The Bertz CT molecular complexity index is 471. The molecule has 1 amide bonds. The second-order valence-electron chi connectivity index (χ2n) is 5.51. The first-order chi connectivity index (χ1) is 8.88. The number of piperidine rings is 1. The fourth-order valence-corrected chi connectivity index (χ4v) is 2.72. The number of halogens is 2. The van der Waals surface area contributed by atoms with Gasteiger partial charge < -0.3 is 10.6 Å². The molecule has 2 atom stereocenters. The van der Waals surface area contributed by atoms with Gasteiger partial charge in [-0.05, 0) is 30.4 Å². The lowest BCUT2D eigenvalue weighted by molar-refractivity contribution is 0.0622. The van der Waals surface area contributed by atoms with Crippen LogP contribution in [-0.2, 0) is 0 Å². The van der Waals surface area contributed by atoms with Gasteiger partial charge in [0.15, 0.2) is 0 Å². The van der Waals surface area contributed by atoms with Crippen LogP contribution in [0.2, 0.25) is 0 Å². The van der Waals surface area contributed by atoms with Crippen molar-refractivity contribution in [2.24, 2.45) is 11.8 Å². The fraction of sp³-hybridized carbons (Fsp3) is 0.500. The van der Waals surface area contributed by atoms with Crippen molar-refractivity contribution in [1.29, 1.82) is 0 Å². The number of benzene rings is 1. The highest BCUT2D eigenvalue weighted by molar-refractivity contribution is 5.94. The molecule has 1 aromatic rings. The largest absolute Gasteiger partial charge is 0.394 e. The lowest BCUT2D eigenvalue weighted by atomic mass is 9.91. The van der Waals surface area contributed by atoms with E-state index in [1.54, 1.807) is 4.90 Å². The van der Waals surface area contributed by atoms with E-state index in [4.69, 9.17) is 5.73 Å². The first-order valence-electron chi connectivity index (χ1n) is 6.42. The molecule has 1 aliphatic rings. The van der Waals surface area contributed by atoms with Gasteiger partial charge in [0.25, 0.3) is 5.91 Å². The van der Waals surface area contributed by atoms with Gasteiger partial charge in [0, 0.05) is 18.7 Å². The Morgan fingerprint density at radius 3 is 2.16 bits per heavy atom. The summed E-state index contributed by atoms with van der Waals surface area (Å²) in [4.78, 5) is 13.9. The van der Waals surface area contributed by atoms with Crippen LogP contribution in [0.25, 0.3) is 0 Å². The molecule has 2 unspecified atom stereocenters. The van der Waals surface area contributed by atoms with Crippen molar-refractivity contribution in [2.75, 3.05) is 18.8 Å². The van der Waals surface area contributed by atoms with E-state index in [2.05, 4.69) is 13.8 Å².